The molecule has 1 unspecified atom stereocenters. The van der Waals surface area contributed by atoms with Crippen molar-refractivity contribution in [3.05, 3.63) is 48.0 Å². The van der Waals surface area contributed by atoms with E-state index in [2.05, 4.69) is 43.1 Å². The molecule has 0 aliphatic carbocycles. The summed E-state index contributed by atoms with van der Waals surface area (Å²) in [6, 6.07) is 9.29. The quantitative estimate of drug-likeness (QED) is 0.701. The molecule has 15 heavy (non-hydrogen) atoms. The fraction of sp³-hybridized carbons (Fsp3) is 0.429. The average molecular weight is 203 g/mol. The minimum atomic E-state index is 0.560. The van der Waals surface area contributed by atoms with Crippen LogP contribution >= 0.6 is 0 Å². The predicted molar refractivity (Wildman–Crippen MR) is 67.2 cm³/mol. The highest BCUT2D eigenvalue weighted by Gasteiger charge is 2.05. The predicted octanol–water partition coefficient (Wildman–Crippen LogP) is 3.09. The standard InChI is InChI=1S/C14H21N/c1-4-5-9-14(15-3)11-13-8-6-7-12(2)10-13/h4,6-8,10,14-15H,1,5,9,11H2,2-3H3. The van der Waals surface area contributed by atoms with E-state index in [-0.39, 0.29) is 0 Å². The van der Waals surface area contributed by atoms with Gasteiger partial charge in [0.1, 0.15) is 0 Å². The van der Waals surface area contributed by atoms with E-state index in [1.54, 1.807) is 0 Å². The van der Waals surface area contributed by atoms with Gasteiger partial charge in [0, 0.05) is 6.04 Å². The van der Waals surface area contributed by atoms with Crippen molar-refractivity contribution in [2.45, 2.75) is 32.2 Å². The van der Waals surface area contributed by atoms with Gasteiger partial charge in [-0.3, -0.25) is 0 Å². The Hall–Kier alpha value is -1.08. The number of allylic oxidation sites excluding steroid dienone is 1. The highest BCUT2D eigenvalue weighted by Crippen LogP contribution is 2.09. The van der Waals surface area contributed by atoms with Crippen LogP contribution in [0.2, 0.25) is 0 Å². The van der Waals surface area contributed by atoms with Crippen LogP contribution in [-0.4, -0.2) is 13.1 Å². The Kier molecular flexibility index (Phi) is 5.13. The van der Waals surface area contributed by atoms with Gasteiger partial charge < -0.3 is 5.32 Å². The summed E-state index contributed by atoms with van der Waals surface area (Å²) < 4.78 is 0. The molecule has 0 aliphatic rings. The van der Waals surface area contributed by atoms with Crippen molar-refractivity contribution in [2.24, 2.45) is 0 Å². The summed E-state index contributed by atoms with van der Waals surface area (Å²) in [4.78, 5) is 0. The van der Waals surface area contributed by atoms with E-state index in [4.69, 9.17) is 0 Å². The molecular formula is C14H21N. The highest BCUT2D eigenvalue weighted by atomic mass is 14.9. The molecule has 0 bridgehead atoms. The SMILES string of the molecule is C=CCCC(Cc1cccc(C)c1)NC. The van der Waals surface area contributed by atoms with Crippen LogP contribution in [-0.2, 0) is 6.42 Å². The van der Waals surface area contributed by atoms with Gasteiger partial charge in [0.2, 0.25) is 0 Å². The zero-order valence-electron chi connectivity index (χ0n) is 9.79. The topological polar surface area (TPSA) is 12.0 Å². The summed E-state index contributed by atoms with van der Waals surface area (Å²) in [7, 11) is 2.03. The molecule has 1 heteroatoms. The zero-order valence-corrected chi connectivity index (χ0v) is 9.79. The summed E-state index contributed by atoms with van der Waals surface area (Å²) in [6.45, 7) is 5.90. The lowest BCUT2D eigenvalue weighted by Gasteiger charge is -2.15. The molecule has 1 aromatic rings. The van der Waals surface area contributed by atoms with E-state index >= 15 is 0 Å². The molecule has 1 N–H and O–H groups in total. The third-order valence-corrected chi connectivity index (χ3v) is 2.69. The van der Waals surface area contributed by atoms with Crippen LogP contribution < -0.4 is 5.32 Å². The van der Waals surface area contributed by atoms with E-state index in [1.165, 1.54) is 11.1 Å². The Balaban J connectivity index is 2.54. The fourth-order valence-corrected chi connectivity index (χ4v) is 1.79. The summed E-state index contributed by atoms with van der Waals surface area (Å²) in [6.07, 6.45) is 5.33. The van der Waals surface area contributed by atoms with Gasteiger partial charge in [-0.15, -0.1) is 6.58 Å². The van der Waals surface area contributed by atoms with Crippen molar-refractivity contribution >= 4 is 0 Å². The summed E-state index contributed by atoms with van der Waals surface area (Å²) in [5, 5.41) is 3.36. The number of benzene rings is 1. The van der Waals surface area contributed by atoms with Gasteiger partial charge in [0.15, 0.2) is 0 Å². The first kappa shape index (κ1) is 12.0. The van der Waals surface area contributed by atoms with Crippen molar-refractivity contribution in [1.29, 1.82) is 0 Å². The van der Waals surface area contributed by atoms with Crippen LogP contribution in [0.1, 0.15) is 24.0 Å². The third kappa shape index (κ3) is 4.30. The van der Waals surface area contributed by atoms with Crippen molar-refractivity contribution in [2.75, 3.05) is 7.05 Å². The van der Waals surface area contributed by atoms with Crippen LogP contribution in [0, 0.1) is 6.92 Å². The first-order valence-electron chi connectivity index (χ1n) is 5.60. The van der Waals surface area contributed by atoms with Crippen LogP contribution in [0.15, 0.2) is 36.9 Å². The summed E-state index contributed by atoms with van der Waals surface area (Å²) >= 11 is 0. The number of hydrogen-bond acceptors (Lipinski definition) is 1. The third-order valence-electron chi connectivity index (χ3n) is 2.69. The highest BCUT2D eigenvalue weighted by molar-refractivity contribution is 5.22. The van der Waals surface area contributed by atoms with Gasteiger partial charge >= 0.3 is 0 Å². The number of hydrogen-bond donors (Lipinski definition) is 1. The summed E-state index contributed by atoms with van der Waals surface area (Å²) in [5.74, 6) is 0. The van der Waals surface area contributed by atoms with Crippen LogP contribution in [0.25, 0.3) is 0 Å². The Morgan fingerprint density at radius 1 is 1.47 bits per heavy atom. The van der Waals surface area contributed by atoms with Crippen molar-refractivity contribution in [3.63, 3.8) is 0 Å². The van der Waals surface area contributed by atoms with E-state index in [0.717, 1.165) is 19.3 Å². The molecule has 1 rings (SSSR count). The number of rotatable bonds is 6. The molecule has 0 amide bonds. The Labute approximate surface area is 93.2 Å². The Morgan fingerprint density at radius 3 is 2.87 bits per heavy atom. The monoisotopic (exact) mass is 203 g/mol. The largest absolute Gasteiger partial charge is 0.317 e. The average Bonchev–Trinajstić information content (AvgIpc) is 2.24. The van der Waals surface area contributed by atoms with E-state index < -0.39 is 0 Å². The molecule has 0 heterocycles. The van der Waals surface area contributed by atoms with Crippen molar-refractivity contribution in [1.82, 2.24) is 5.32 Å². The molecule has 0 radical (unpaired) electrons. The van der Waals surface area contributed by atoms with Gasteiger partial charge in [0.05, 0.1) is 0 Å². The minimum absolute atomic E-state index is 0.560. The maximum absolute atomic E-state index is 3.76. The van der Waals surface area contributed by atoms with Crippen LogP contribution in [0.3, 0.4) is 0 Å². The van der Waals surface area contributed by atoms with Crippen molar-refractivity contribution in [3.8, 4) is 0 Å². The van der Waals surface area contributed by atoms with Gasteiger partial charge in [-0.25, -0.2) is 0 Å². The van der Waals surface area contributed by atoms with Crippen LogP contribution in [0.5, 0.6) is 0 Å². The Bertz CT molecular complexity index is 304. The molecule has 0 saturated heterocycles. The van der Waals surface area contributed by atoms with E-state index in [0.29, 0.717) is 6.04 Å². The Morgan fingerprint density at radius 2 is 2.27 bits per heavy atom. The van der Waals surface area contributed by atoms with Gasteiger partial charge in [-0.05, 0) is 38.8 Å². The molecule has 0 fully saturated rings. The van der Waals surface area contributed by atoms with Crippen LogP contribution in [0.4, 0.5) is 0 Å². The van der Waals surface area contributed by atoms with Gasteiger partial charge in [-0.2, -0.15) is 0 Å². The first-order chi connectivity index (χ1) is 7.26. The lowest BCUT2D eigenvalue weighted by Crippen LogP contribution is -2.27. The molecule has 1 atom stereocenters. The normalized spacial score (nSPS) is 12.4. The molecular weight excluding hydrogens is 182 g/mol. The molecule has 0 aliphatic heterocycles. The zero-order chi connectivity index (χ0) is 11.1. The smallest absolute Gasteiger partial charge is 0.0107 e. The molecule has 0 spiro atoms. The lowest BCUT2D eigenvalue weighted by atomic mass is 10.0. The second kappa shape index (κ2) is 6.41. The molecule has 0 aromatic heterocycles. The number of nitrogens with one attached hydrogen (secondary N) is 1. The molecule has 82 valence electrons. The maximum atomic E-state index is 3.76. The maximum Gasteiger partial charge on any atom is 0.0107 e. The lowest BCUT2D eigenvalue weighted by molar-refractivity contribution is 0.524. The number of aryl methyl sites for hydroxylation is 1. The minimum Gasteiger partial charge on any atom is -0.317 e. The molecule has 1 aromatic carbocycles. The first-order valence-corrected chi connectivity index (χ1v) is 5.60. The van der Waals surface area contributed by atoms with Crippen molar-refractivity contribution < 1.29 is 0 Å². The van der Waals surface area contributed by atoms with E-state index in [9.17, 15) is 0 Å². The molecule has 1 nitrogen and oxygen atoms in total. The summed E-state index contributed by atoms with van der Waals surface area (Å²) in [5.41, 5.74) is 2.75. The fourth-order valence-electron chi connectivity index (χ4n) is 1.79. The molecule has 0 saturated carbocycles. The second-order valence-electron chi connectivity index (χ2n) is 4.04. The van der Waals surface area contributed by atoms with E-state index in [1.807, 2.05) is 13.1 Å². The van der Waals surface area contributed by atoms with Gasteiger partial charge in [0.25, 0.3) is 0 Å². The van der Waals surface area contributed by atoms with Gasteiger partial charge in [-0.1, -0.05) is 35.9 Å². The number of likely N-dealkylation sites (N-methyl/N-ethyl adjacent to an activating group) is 1. The second-order valence-corrected chi connectivity index (χ2v) is 4.04.